The van der Waals surface area contributed by atoms with Gasteiger partial charge in [0, 0.05) is 4.48 Å². The van der Waals surface area contributed by atoms with Gasteiger partial charge in [-0.15, -0.1) is 4.28 Å². The van der Waals surface area contributed by atoms with Crippen LogP contribution < -0.4 is 10.2 Å². The molecule has 1 aliphatic rings. The maximum absolute atomic E-state index is 12.2. The average Bonchev–Trinajstić information content (AvgIpc) is 2.79. The van der Waals surface area contributed by atoms with E-state index in [1.165, 1.54) is 12.1 Å². The molecule has 0 radical (unpaired) electrons. The first kappa shape index (κ1) is 24.0. The summed E-state index contributed by atoms with van der Waals surface area (Å²) < 4.78 is 46.0. The Morgan fingerprint density at radius 2 is 1.78 bits per heavy atom. The number of amides is 1. The standard InChI is InChI=1S/C22H22BrNO7S/c1-15-6-12-18(13-7-15)32(26,27)31-24-22(25)30-21-19(23)4-3-5-20(21)29-14-16-8-10-17(28-2)11-9-16/h3-13,20-21H,14H2,1-2H3,(H,24,25)/t20-,21+/m0/s1. The van der Waals surface area contributed by atoms with Gasteiger partial charge in [0.15, 0.2) is 6.10 Å². The lowest BCUT2D eigenvalue weighted by atomic mass is 10.1. The van der Waals surface area contributed by atoms with Gasteiger partial charge in [0.1, 0.15) is 11.9 Å². The minimum absolute atomic E-state index is 0.0919. The zero-order valence-electron chi connectivity index (χ0n) is 17.4. The van der Waals surface area contributed by atoms with E-state index in [0.29, 0.717) is 4.48 Å². The minimum atomic E-state index is -4.19. The predicted octanol–water partition coefficient (Wildman–Crippen LogP) is 4.15. The summed E-state index contributed by atoms with van der Waals surface area (Å²) in [5, 5.41) is 0. The molecule has 0 saturated heterocycles. The number of hydroxylamine groups is 1. The Hall–Kier alpha value is -2.66. The van der Waals surface area contributed by atoms with Gasteiger partial charge >= 0.3 is 16.2 Å². The normalized spacial score (nSPS) is 18.0. The summed E-state index contributed by atoms with van der Waals surface area (Å²) in [6.45, 7) is 2.09. The largest absolute Gasteiger partial charge is 0.497 e. The molecule has 0 saturated carbocycles. The number of ether oxygens (including phenoxy) is 3. The third kappa shape index (κ3) is 6.42. The van der Waals surface area contributed by atoms with Crippen LogP contribution in [0.2, 0.25) is 0 Å². The maximum Gasteiger partial charge on any atom is 0.433 e. The van der Waals surface area contributed by atoms with Gasteiger partial charge in [-0.25, -0.2) is 4.79 Å². The fourth-order valence-electron chi connectivity index (χ4n) is 2.77. The molecule has 0 fully saturated rings. The molecule has 1 aliphatic carbocycles. The van der Waals surface area contributed by atoms with Crippen molar-refractivity contribution in [3.8, 4) is 5.75 Å². The number of rotatable bonds is 8. The molecule has 2 aromatic rings. The van der Waals surface area contributed by atoms with Crippen LogP contribution in [-0.4, -0.2) is 33.8 Å². The number of allylic oxidation sites excluding steroid dienone is 2. The van der Waals surface area contributed by atoms with Crippen LogP contribution in [0.1, 0.15) is 11.1 Å². The molecular formula is C22H22BrNO7S. The first-order valence-electron chi connectivity index (χ1n) is 9.53. The Kier molecular flexibility index (Phi) is 8.08. The molecule has 0 aliphatic heterocycles. The quantitative estimate of drug-likeness (QED) is 0.518. The molecule has 0 bridgehead atoms. The number of carbonyl (C=O) groups is 1. The van der Waals surface area contributed by atoms with E-state index in [-0.39, 0.29) is 11.5 Å². The summed E-state index contributed by atoms with van der Waals surface area (Å²) in [6, 6.07) is 13.4. The first-order valence-corrected chi connectivity index (χ1v) is 11.7. The smallest absolute Gasteiger partial charge is 0.433 e. The van der Waals surface area contributed by atoms with Crippen LogP contribution in [0.15, 0.2) is 76.1 Å². The van der Waals surface area contributed by atoms with Crippen LogP contribution >= 0.6 is 15.9 Å². The number of aryl methyl sites for hydroxylation is 1. The van der Waals surface area contributed by atoms with Crippen LogP contribution in [0.3, 0.4) is 0 Å². The Bertz CT molecular complexity index is 1100. The molecule has 1 amide bonds. The lowest BCUT2D eigenvalue weighted by Crippen LogP contribution is -2.38. The molecule has 3 rings (SSSR count). The third-order valence-corrected chi connectivity index (χ3v) is 6.37. The summed E-state index contributed by atoms with van der Waals surface area (Å²) in [7, 11) is -2.60. The highest BCUT2D eigenvalue weighted by molar-refractivity contribution is 9.11. The van der Waals surface area contributed by atoms with Gasteiger partial charge in [-0.05, 0) is 42.8 Å². The van der Waals surface area contributed by atoms with E-state index >= 15 is 0 Å². The van der Waals surface area contributed by atoms with E-state index in [1.807, 2.05) is 36.7 Å². The summed E-state index contributed by atoms with van der Waals surface area (Å²) in [4.78, 5) is 12.1. The summed E-state index contributed by atoms with van der Waals surface area (Å²) in [6.07, 6.45) is 2.69. The minimum Gasteiger partial charge on any atom is -0.497 e. The van der Waals surface area contributed by atoms with Crippen molar-refractivity contribution >= 4 is 32.1 Å². The highest BCUT2D eigenvalue weighted by Gasteiger charge is 2.29. The number of carbonyl (C=O) groups excluding carboxylic acids is 1. The molecule has 170 valence electrons. The molecule has 0 unspecified atom stereocenters. The van der Waals surface area contributed by atoms with Crippen molar-refractivity contribution in [1.82, 2.24) is 5.48 Å². The van der Waals surface area contributed by atoms with Crippen LogP contribution in [0, 0.1) is 6.92 Å². The van der Waals surface area contributed by atoms with Crippen LogP contribution in [0.5, 0.6) is 5.75 Å². The predicted molar refractivity (Wildman–Crippen MR) is 121 cm³/mol. The van der Waals surface area contributed by atoms with E-state index in [0.717, 1.165) is 16.9 Å². The monoisotopic (exact) mass is 523 g/mol. The molecule has 8 nitrogen and oxygen atoms in total. The van der Waals surface area contributed by atoms with Gasteiger partial charge in [0.2, 0.25) is 0 Å². The molecule has 32 heavy (non-hydrogen) atoms. The second-order valence-corrected chi connectivity index (χ2v) is 9.30. The lowest BCUT2D eigenvalue weighted by Gasteiger charge is -2.27. The van der Waals surface area contributed by atoms with Crippen molar-refractivity contribution in [3.63, 3.8) is 0 Å². The third-order valence-electron chi connectivity index (χ3n) is 4.51. The Labute approximate surface area is 195 Å². The van der Waals surface area contributed by atoms with Gasteiger partial charge < -0.3 is 14.2 Å². The first-order chi connectivity index (χ1) is 15.3. The molecular weight excluding hydrogens is 502 g/mol. The van der Waals surface area contributed by atoms with E-state index in [9.17, 15) is 13.2 Å². The Balaban J connectivity index is 1.57. The van der Waals surface area contributed by atoms with Crippen molar-refractivity contribution in [2.45, 2.75) is 30.6 Å². The molecule has 0 aromatic heterocycles. The highest BCUT2D eigenvalue weighted by Crippen LogP contribution is 2.26. The van der Waals surface area contributed by atoms with E-state index in [2.05, 4.69) is 20.2 Å². The van der Waals surface area contributed by atoms with E-state index < -0.39 is 28.4 Å². The van der Waals surface area contributed by atoms with Crippen LogP contribution in [-0.2, 0) is 30.5 Å². The Morgan fingerprint density at radius 3 is 2.44 bits per heavy atom. The molecule has 10 heteroatoms. The lowest BCUT2D eigenvalue weighted by molar-refractivity contribution is -0.0165. The van der Waals surface area contributed by atoms with Crippen molar-refractivity contribution in [2.75, 3.05) is 7.11 Å². The second kappa shape index (κ2) is 10.8. The van der Waals surface area contributed by atoms with Gasteiger partial charge in [-0.2, -0.15) is 13.9 Å². The topological polar surface area (TPSA) is 100 Å². The van der Waals surface area contributed by atoms with E-state index in [1.54, 1.807) is 37.5 Å². The fraction of sp³-hybridized carbons (Fsp3) is 0.227. The summed E-state index contributed by atoms with van der Waals surface area (Å²) >= 11 is 3.35. The zero-order chi connectivity index (χ0) is 23.1. The number of halogens is 1. The second-order valence-electron chi connectivity index (χ2n) is 6.84. The molecule has 0 heterocycles. The molecule has 0 spiro atoms. The van der Waals surface area contributed by atoms with Crippen molar-refractivity contribution < 1.29 is 31.7 Å². The fourth-order valence-corrected chi connectivity index (χ4v) is 4.02. The highest BCUT2D eigenvalue weighted by atomic mass is 79.9. The van der Waals surface area contributed by atoms with Crippen molar-refractivity contribution in [2.24, 2.45) is 0 Å². The SMILES string of the molecule is COc1ccc(CO[C@H]2C=CC=C(Br)[C@H]2OC(=O)NOS(=O)(=O)c2ccc(C)cc2)cc1. The average molecular weight is 524 g/mol. The van der Waals surface area contributed by atoms with Crippen LogP contribution in [0.4, 0.5) is 4.79 Å². The van der Waals surface area contributed by atoms with Gasteiger partial charge in [-0.3, -0.25) is 0 Å². The molecule has 1 N–H and O–H groups in total. The number of benzene rings is 2. The number of methoxy groups -OCH3 is 1. The number of hydrogen-bond acceptors (Lipinski definition) is 7. The Morgan fingerprint density at radius 1 is 1.09 bits per heavy atom. The van der Waals surface area contributed by atoms with Gasteiger partial charge in [-0.1, -0.05) is 57.9 Å². The van der Waals surface area contributed by atoms with Crippen molar-refractivity contribution in [3.05, 3.63) is 82.4 Å². The van der Waals surface area contributed by atoms with E-state index in [4.69, 9.17) is 14.2 Å². The maximum atomic E-state index is 12.2. The molecule has 2 aromatic carbocycles. The number of nitrogens with one attached hydrogen (secondary N) is 1. The summed E-state index contributed by atoms with van der Waals surface area (Å²) in [5.41, 5.74) is 3.61. The summed E-state index contributed by atoms with van der Waals surface area (Å²) in [5.74, 6) is 0.732. The zero-order valence-corrected chi connectivity index (χ0v) is 19.8. The van der Waals surface area contributed by atoms with Gasteiger partial charge in [0.25, 0.3) is 0 Å². The molecule has 2 atom stereocenters. The van der Waals surface area contributed by atoms with Crippen molar-refractivity contribution in [1.29, 1.82) is 0 Å². The number of hydrogen-bond donors (Lipinski definition) is 1. The van der Waals surface area contributed by atoms with Crippen LogP contribution in [0.25, 0.3) is 0 Å². The van der Waals surface area contributed by atoms with Gasteiger partial charge in [0.05, 0.1) is 18.6 Å².